The Hall–Kier alpha value is -1.69. The molecule has 110 valence electrons. The standard InChI is InChI=1S/C14H22N4O2/c1-9(2)13-15-7-11(12(17-13)14(19)20)16-10-5-4-6-18(3)8-10/h7,9-10,16H,4-6,8H2,1-3H3,(H,19,20). The molecule has 0 bridgehead atoms. The molecule has 20 heavy (non-hydrogen) atoms. The van der Waals surface area contributed by atoms with Crippen LogP contribution in [-0.2, 0) is 0 Å². The van der Waals surface area contributed by atoms with Crippen molar-refractivity contribution in [1.82, 2.24) is 14.9 Å². The fraction of sp³-hybridized carbons (Fsp3) is 0.643. The number of nitrogens with zero attached hydrogens (tertiary/aromatic N) is 3. The zero-order valence-electron chi connectivity index (χ0n) is 12.3. The van der Waals surface area contributed by atoms with E-state index in [0.717, 1.165) is 25.9 Å². The van der Waals surface area contributed by atoms with Gasteiger partial charge in [0.05, 0.1) is 11.9 Å². The number of aromatic nitrogens is 2. The quantitative estimate of drug-likeness (QED) is 0.874. The third-order valence-corrected chi connectivity index (χ3v) is 3.51. The van der Waals surface area contributed by atoms with Crippen LogP contribution in [0.15, 0.2) is 6.20 Å². The van der Waals surface area contributed by atoms with Gasteiger partial charge in [-0.05, 0) is 26.4 Å². The number of carboxylic acids is 1. The lowest BCUT2D eigenvalue weighted by Crippen LogP contribution is -2.40. The molecule has 6 nitrogen and oxygen atoms in total. The van der Waals surface area contributed by atoms with Gasteiger partial charge < -0.3 is 15.3 Å². The summed E-state index contributed by atoms with van der Waals surface area (Å²) in [6, 6.07) is 0.250. The highest BCUT2D eigenvalue weighted by atomic mass is 16.4. The van der Waals surface area contributed by atoms with E-state index >= 15 is 0 Å². The maximum absolute atomic E-state index is 11.4. The van der Waals surface area contributed by atoms with E-state index in [1.165, 1.54) is 0 Å². The fourth-order valence-corrected chi connectivity index (χ4v) is 2.45. The van der Waals surface area contributed by atoms with Gasteiger partial charge in [-0.2, -0.15) is 0 Å². The van der Waals surface area contributed by atoms with E-state index in [0.29, 0.717) is 11.5 Å². The van der Waals surface area contributed by atoms with Crippen LogP contribution in [0.5, 0.6) is 0 Å². The number of piperidine rings is 1. The topological polar surface area (TPSA) is 78.4 Å². The number of anilines is 1. The van der Waals surface area contributed by atoms with Crippen molar-refractivity contribution in [1.29, 1.82) is 0 Å². The number of aromatic carboxylic acids is 1. The van der Waals surface area contributed by atoms with Crippen LogP contribution in [0.2, 0.25) is 0 Å². The first-order valence-electron chi connectivity index (χ1n) is 7.02. The van der Waals surface area contributed by atoms with Crippen molar-refractivity contribution >= 4 is 11.7 Å². The summed E-state index contributed by atoms with van der Waals surface area (Å²) in [6.45, 7) is 5.89. The molecular weight excluding hydrogens is 256 g/mol. The van der Waals surface area contributed by atoms with Gasteiger partial charge in [-0.25, -0.2) is 14.8 Å². The van der Waals surface area contributed by atoms with E-state index in [1.54, 1.807) is 6.20 Å². The minimum absolute atomic E-state index is 0.0666. The van der Waals surface area contributed by atoms with E-state index in [4.69, 9.17) is 0 Å². The number of nitrogens with one attached hydrogen (secondary N) is 1. The van der Waals surface area contributed by atoms with Crippen LogP contribution >= 0.6 is 0 Å². The lowest BCUT2D eigenvalue weighted by Gasteiger charge is -2.31. The van der Waals surface area contributed by atoms with Crippen LogP contribution in [0, 0.1) is 0 Å². The summed E-state index contributed by atoms with van der Waals surface area (Å²) in [7, 11) is 2.07. The molecule has 1 saturated heterocycles. The normalized spacial score (nSPS) is 20.1. The molecule has 1 aromatic heterocycles. The van der Waals surface area contributed by atoms with E-state index < -0.39 is 5.97 Å². The van der Waals surface area contributed by atoms with Gasteiger partial charge in [0.25, 0.3) is 0 Å². The van der Waals surface area contributed by atoms with Gasteiger partial charge in [0.15, 0.2) is 5.69 Å². The number of likely N-dealkylation sites (tertiary alicyclic amines) is 1. The minimum atomic E-state index is -1.01. The second-order valence-corrected chi connectivity index (χ2v) is 5.70. The largest absolute Gasteiger partial charge is 0.476 e. The minimum Gasteiger partial charge on any atom is -0.476 e. The number of carbonyl (C=O) groups is 1. The maximum Gasteiger partial charge on any atom is 0.356 e. The molecule has 1 atom stereocenters. The predicted molar refractivity (Wildman–Crippen MR) is 77.2 cm³/mol. The van der Waals surface area contributed by atoms with Gasteiger partial charge in [0.1, 0.15) is 5.82 Å². The van der Waals surface area contributed by atoms with E-state index in [1.807, 2.05) is 13.8 Å². The van der Waals surface area contributed by atoms with Crippen LogP contribution in [0.25, 0.3) is 0 Å². The molecule has 0 saturated carbocycles. The first-order valence-corrected chi connectivity index (χ1v) is 7.02. The van der Waals surface area contributed by atoms with Crippen LogP contribution in [0.4, 0.5) is 5.69 Å². The molecule has 1 aliphatic heterocycles. The van der Waals surface area contributed by atoms with E-state index in [-0.39, 0.29) is 17.7 Å². The average Bonchev–Trinajstić information content (AvgIpc) is 2.38. The van der Waals surface area contributed by atoms with Crippen molar-refractivity contribution in [2.75, 3.05) is 25.5 Å². The number of hydrogen-bond acceptors (Lipinski definition) is 5. The van der Waals surface area contributed by atoms with Crippen molar-refractivity contribution in [3.8, 4) is 0 Å². The summed E-state index contributed by atoms with van der Waals surface area (Å²) < 4.78 is 0. The van der Waals surface area contributed by atoms with Crippen LogP contribution in [-0.4, -0.2) is 52.1 Å². The van der Waals surface area contributed by atoms with Gasteiger partial charge in [-0.1, -0.05) is 13.8 Å². The van der Waals surface area contributed by atoms with Crippen molar-refractivity contribution in [2.24, 2.45) is 0 Å². The number of likely N-dealkylation sites (N-methyl/N-ethyl adjacent to an activating group) is 1. The molecule has 2 rings (SSSR count). The zero-order chi connectivity index (χ0) is 14.7. The zero-order valence-corrected chi connectivity index (χ0v) is 12.3. The molecule has 0 aromatic carbocycles. The average molecular weight is 278 g/mol. The highest BCUT2D eigenvalue weighted by Crippen LogP contribution is 2.20. The molecule has 6 heteroatoms. The third kappa shape index (κ3) is 3.45. The molecule has 1 fully saturated rings. The molecule has 0 amide bonds. The molecule has 1 aliphatic rings. The molecule has 2 N–H and O–H groups in total. The summed E-state index contributed by atoms with van der Waals surface area (Å²) in [5.74, 6) is -0.336. The van der Waals surface area contributed by atoms with Gasteiger partial charge in [0, 0.05) is 18.5 Å². The van der Waals surface area contributed by atoms with Crippen molar-refractivity contribution in [3.05, 3.63) is 17.7 Å². The summed E-state index contributed by atoms with van der Waals surface area (Å²) >= 11 is 0. The Morgan fingerprint density at radius 3 is 2.90 bits per heavy atom. The Labute approximate surface area is 119 Å². The Kier molecular flexibility index (Phi) is 4.54. The highest BCUT2D eigenvalue weighted by Gasteiger charge is 2.21. The molecule has 1 aromatic rings. The van der Waals surface area contributed by atoms with Crippen LogP contribution in [0.3, 0.4) is 0 Å². The fourth-order valence-electron chi connectivity index (χ4n) is 2.45. The van der Waals surface area contributed by atoms with Crippen LogP contribution in [0.1, 0.15) is 48.9 Å². The Bertz CT molecular complexity index is 490. The monoisotopic (exact) mass is 278 g/mol. The lowest BCUT2D eigenvalue weighted by atomic mass is 10.1. The maximum atomic E-state index is 11.4. The Morgan fingerprint density at radius 1 is 1.55 bits per heavy atom. The molecule has 0 spiro atoms. The van der Waals surface area contributed by atoms with Crippen molar-refractivity contribution in [2.45, 2.75) is 38.6 Å². The van der Waals surface area contributed by atoms with Crippen molar-refractivity contribution in [3.63, 3.8) is 0 Å². The Morgan fingerprint density at radius 2 is 2.30 bits per heavy atom. The number of rotatable bonds is 4. The molecule has 1 unspecified atom stereocenters. The van der Waals surface area contributed by atoms with Gasteiger partial charge >= 0.3 is 5.97 Å². The summed E-state index contributed by atoms with van der Waals surface area (Å²) in [6.07, 6.45) is 3.75. The van der Waals surface area contributed by atoms with Crippen molar-refractivity contribution < 1.29 is 9.90 Å². The number of hydrogen-bond donors (Lipinski definition) is 2. The second kappa shape index (κ2) is 6.17. The van der Waals surface area contributed by atoms with E-state index in [2.05, 4.69) is 27.2 Å². The smallest absolute Gasteiger partial charge is 0.356 e. The Balaban J connectivity index is 2.20. The SMILES string of the molecule is CC(C)c1ncc(NC2CCCN(C)C2)c(C(=O)O)n1. The van der Waals surface area contributed by atoms with Gasteiger partial charge in [0.2, 0.25) is 0 Å². The number of carboxylic acid groups (broad SMARTS) is 1. The summed E-state index contributed by atoms with van der Waals surface area (Å²) in [5.41, 5.74) is 0.583. The van der Waals surface area contributed by atoms with E-state index in [9.17, 15) is 9.90 Å². The van der Waals surface area contributed by atoms with Crippen LogP contribution < -0.4 is 5.32 Å². The second-order valence-electron chi connectivity index (χ2n) is 5.70. The third-order valence-electron chi connectivity index (χ3n) is 3.51. The first kappa shape index (κ1) is 14.7. The summed E-state index contributed by atoms with van der Waals surface area (Å²) in [5, 5.41) is 12.6. The first-order chi connectivity index (χ1) is 9.47. The summed E-state index contributed by atoms with van der Waals surface area (Å²) in [4.78, 5) is 22.0. The molecule has 0 aliphatic carbocycles. The molecule has 0 radical (unpaired) electrons. The van der Waals surface area contributed by atoms with Gasteiger partial charge in [-0.3, -0.25) is 0 Å². The highest BCUT2D eigenvalue weighted by molar-refractivity contribution is 5.91. The lowest BCUT2D eigenvalue weighted by molar-refractivity contribution is 0.0691. The predicted octanol–water partition coefficient (Wildman–Crippen LogP) is 1.80. The molecular formula is C14H22N4O2. The molecule has 2 heterocycles. The van der Waals surface area contributed by atoms with Gasteiger partial charge in [-0.15, -0.1) is 0 Å².